The fourth-order valence-electron chi connectivity index (χ4n) is 2.97. The number of rotatable bonds is 1. The van der Waals surface area contributed by atoms with E-state index in [0.29, 0.717) is 0 Å². The van der Waals surface area contributed by atoms with Crippen molar-refractivity contribution in [2.45, 2.75) is 45.4 Å². The molecule has 1 aliphatic heterocycles. The van der Waals surface area contributed by atoms with Crippen molar-refractivity contribution in [3.05, 3.63) is 44.6 Å². The van der Waals surface area contributed by atoms with E-state index in [0.717, 1.165) is 63.8 Å². The molecular weight excluding hydrogens is 328 g/mol. The lowest BCUT2D eigenvalue weighted by Crippen LogP contribution is -2.19. The lowest BCUT2D eigenvalue weighted by molar-refractivity contribution is -0.105. The lowest BCUT2D eigenvalue weighted by atomic mass is 9.83. The first-order valence-electron chi connectivity index (χ1n) is 7.31. The average molecular weight is 347 g/mol. The van der Waals surface area contributed by atoms with Crippen molar-refractivity contribution in [3.8, 4) is 5.75 Å². The Morgan fingerprint density at radius 2 is 2.00 bits per heavy atom. The maximum absolute atomic E-state index is 11.3. The van der Waals surface area contributed by atoms with Gasteiger partial charge >= 0.3 is 0 Å². The number of ether oxygens (including phenoxy) is 1. The van der Waals surface area contributed by atoms with Crippen LogP contribution in [0.2, 0.25) is 0 Å². The van der Waals surface area contributed by atoms with Gasteiger partial charge in [-0.3, -0.25) is 4.79 Å². The minimum absolute atomic E-state index is 0.0181. The second kappa shape index (κ2) is 5.13. The average Bonchev–Trinajstić information content (AvgIpc) is 2.42. The van der Waals surface area contributed by atoms with Crippen molar-refractivity contribution in [3.63, 3.8) is 0 Å². The van der Waals surface area contributed by atoms with Crippen LogP contribution in [0.3, 0.4) is 0 Å². The first-order valence-corrected chi connectivity index (χ1v) is 8.10. The number of hydrogen-bond acceptors (Lipinski definition) is 2. The molecule has 1 aromatic carbocycles. The van der Waals surface area contributed by atoms with Crippen LogP contribution in [0.15, 0.2) is 33.5 Å². The molecule has 0 fully saturated rings. The molecule has 0 bridgehead atoms. The van der Waals surface area contributed by atoms with E-state index in [1.807, 2.05) is 0 Å². The van der Waals surface area contributed by atoms with Crippen molar-refractivity contribution in [1.29, 1.82) is 0 Å². The Hall–Kier alpha value is -1.35. The molecule has 110 valence electrons. The quantitative estimate of drug-likeness (QED) is 0.656. The first kappa shape index (κ1) is 14.6. The van der Waals surface area contributed by atoms with E-state index in [4.69, 9.17) is 4.74 Å². The van der Waals surface area contributed by atoms with Gasteiger partial charge in [-0.15, -0.1) is 0 Å². The van der Waals surface area contributed by atoms with Crippen molar-refractivity contribution in [2.75, 3.05) is 0 Å². The summed E-state index contributed by atoms with van der Waals surface area (Å²) >= 11 is 3.59. The minimum Gasteiger partial charge on any atom is -0.456 e. The van der Waals surface area contributed by atoms with E-state index in [2.05, 4.69) is 54.9 Å². The molecule has 0 radical (unpaired) electrons. The van der Waals surface area contributed by atoms with E-state index < -0.39 is 0 Å². The maximum Gasteiger partial charge on any atom is 0.149 e. The molecule has 0 aromatic heterocycles. The topological polar surface area (TPSA) is 26.3 Å². The van der Waals surface area contributed by atoms with Crippen LogP contribution < -0.4 is 4.74 Å². The molecule has 0 N–H and O–H groups in total. The molecule has 0 saturated heterocycles. The molecule has 0 unspecified atom stereocenters. The Balaban J connectivity index is 2.23. The maximum atomic E-state index is 11.3. The van der Waals surface area contributed by atoms with Gasteiger partial charge < -0.3 is 4.74 Å². The smallest absolute Gasteiger partial charge is 0.149 e. The SMILES string of the molecule is CC(C)(C)c1cc(Br)cc2c1OC1=C(C=O)CCCC1=C2. The van der Waals surface area contributed by atoms with Crippen LogP contribution in [0.25, 0.3) is 6.08 Å². The summed E-state index contributed by atoms with van der Waals surface area (Å²) in [4.78, 5) is 11.3. The van der Waals surface area contributed by atoms with E-state index in [1.54, 1.807) is 0 Å². The Morgan fingerprint density at radius 3 is 2.67 bits per heavy atom. The molecule has 1 heterocycles. The molecule has 3 heteroatoms. The van der Waals surface area contributed by atoms with E-state index in [9.17, 15) is 4.79 Å². The van der Waals surface area contributed by atoms with Gasteiger partial charge in [-0.05, 0) is 48.5 Å². The summed E-state index contributed by atoms with van der Waals surface area (Å²) in [5, 5.41) is 0. The van der Waals surface area contributed by atoms with Crippen molar-refractivity contribution in [2.24, 2.45) is 0 Å². The predicted octanol–water partition coefficient (Wildman–Crippen LogP) is 5.16. The monoisotopic (exact) mass is 346 g/mol. The summed E-state index contributed by atoms with van der Waals surface area (Å²) in [5.74, 6) is 1.68. The number of carbonyl (C=O) groups excluding carboxylic acids is 1. The normalized spacial score (nSPS) is 17.6. The zero-order valence-electron chi connectivity index (χ0n) is 12.6. The van der Waals surface area contributed by atoms with Crippen molar-refractivity contribution < 1.29 is 9.53 Å². The van der Waals surface area contributed by atoms with Crippen molar-refractivity contribution in [1.82, 2.24) is 0 Å². The molecule has 2 aliphatic rings. The highest BCUT2D eigenvalue weighted by atomic mass is 79.9. The van der Waals surface area contributed by atoms with Crippen LogP contribution in [-0.4, -0.2) is 6.29 Å². The van der Waals surface area contributed by atoms with E-state index >= 15 is 0 Å². The Kier molecular flexibility index (Phi) is 3.56. The third kappa shape index (κ3) is 2.59. The number of allylic oxidation sites excluding steroid dienone is 2. The van der Waals surface area contributed by atoms with Gasteiger partial charge in [-0.25, -0.2) is 0 Å². The van der Waals surface area contributed by atoms with Gasteiger partial charge in [0.15, 0.2) is 0 Å². The zero-order chi connectivity index (χ0) is 15.2. The highest BCUT2D eigenvalue weighted by Gasteiger charge is 2.29. The van der Waals surface area contributed by atoms with Crippen LogP contribution in [0, 0.1) is 0 Å². The summed E-state index contributed by atoms with van der Waals surface area (Å²) in [5.41, 5.74) is 4.18. The van der Waals surface area contributed by atoms with Crippen molar-refractivity contribution >= 4 is 28.3 Å². The van der Waals surface area contributed by atoms with Gasteiger partial charge in [0, 0.05) is 21.2 Å². The van der Waals surface area contributed by atoms with Crippen LogP contribution >= 0.6 is 15.9 Å². The molecule has 1 aliphatic carbocycles. The molecule has 0 amide bonds. The Bertz CT molecular complexity index is 675. The molecule has 21 heavy (non-hydrogen) atoms. The lowest BCUT2D eigenvalue weighted by Gasteiger charge is -2.30. The third-order valence-corrected chi connectivity index (χ3v) is 4.50. The molecule has 1 aromatic rings. The van der Waals surface area contributed by atoms with Gasteiger partial charge in [-0.2, -0.15) is 0 Å². The summed E-state index contributed by atoms with van der Waals surface area (Å²) < 4.78 is 7.27. The zero-order valence-corrected chi connectivity index (χ0v) is 14.2. The van der Waals surface area contributed by atoms with Gasteiger partial charge in [0.05, 0.1) is 0 Å². The fraction of sp³-hybridized carbons (Fsp3) is 0.389. The Labute approximate surface area is 134 Å². The number of halogens is 1. The standard InChI is InChI=1S/C18H19BrO2/c1-18(2,3)15-9-14(19)8-13-7-11-5-4-6-12(10-20)16(11)21-17(13)15/h7-10H,4-6H2,1-3H3. The van der Waals surface area contributed by atoms with E-state index in [1.165, 1.54) is 0 Å². The van der Waals surface area contributed by atoms with Gasteiger partial charge in [0.25, 0.3) is 0 Å². The predicted molar refractivity (Wildman–Crippen MR) is 88.4 cm³/mol. The summed E-state index contributed by atoms with van der Waals surface area (Å²) in [7, 11) is 0. The van der Waals surface area contributed by atoms with Gasteiger partial charge in [0.1, 0.15) is 17.8 Å². The highest BCUT2D eigenvalue weighted by molar-refractivity contribution is 9.10. The minimum atomic E-state index is -0.0181. The van der Waals surface area contributed by atoms with E-state index in [-0.39, 0.29) is 5.41 Å². The van der Waals surface area contributed by atoms with Crippen LogP contribution in [-0.2, 0) is 10.2 Å². The molecule has 3 rings (SSSR count). The molecule has 0 spiro atoms. The fourth-order valence-corrected chi connectivity index (χ4v) is 3.44. The van der Waals surface area contributed by atoms with Crippen LogP contribution in [0.4, 0.5) is 0 Å². The number of aldehydes is 1. The van der Waals surface area contributed by atoms with Gasteiger partial charge in [0.2, 0.25) is 0 Å². The molecular formula is C18H19BrO2. The number of carbonyl (C=O) groups is 1. The second-order valence-electron chi connectivity index (χ2n) is 6.72. The summed E-state index contributed by atoms with van der Waals surface area (Å²) in [6, 6.07) is 4.20. The van der Waals surface area contributed by atoms with Crippen LogP contribution in [0.5, 0.6) is 5.75 Å². The first-order chi connectivity index (χ1) is 9.90. The summed E-state index contributed by atoms with van der Waals surface area (Å²) in [6.07, 6.45) is 5.93. The summed E-state index contributed by atoms with van der Waals surface area (Å²) in [6.45, 7) is 6.52. The number of benzene rings is 1. The molecule has 0 atom stereocenters. The largest absolute Gasteiger partial charge is 0.456 e. The Morgan fingerprint density at radius 1 is 1.24 bits per heavy atom. The van der Waals surface area contributed by atoms with Crippen LogP contribution in [0.1, 0.15) is 51.2 Å². The molecule has 2 nitrogen and oxygen atoms in total. The number of hydrogen-bond donors (Lipinski definition) is 0. The second-order valence-corrected chi connectivity index (χ2v) is 7.63. The molecule has 0 saturated carbocycles. The number of fused-ring (bicyclic) bond motifs is 2. The highest BCUT2D eigenvalue weighted by Crippen LogP contribution is 2.44. The third-order valence-electron chi connectivity index (χ3n) is 4.04. The van der Waals surface area contributed by atoms with Gasteiger partial charge in [-0.1, -0.05) is 36.7 Å².